The van der Waals surface area contributed by atoms with Crippen molar-refractivity contribution in [1.29, 1.82) is 0 Å². The van der Waals surface area contributed by atoms with Gasteiger partial charge < -0.3 is 4.74 Å². The lowest BCUT2D eigenvalue weighted by atomic mass is 10.1. The molecule has 0 spiro atoms. The Bertz CT molecular complexity index is 312. The summed E-state index contributed by atoms with van der Waals surface area (Å²) in [5, 5.41) is 8.40. The van der Waals surface area contributed by atoms with Crippen LogP contribution in [0, 0.1) is 0 Å². The molecule has 1 aromatic heterocycles. The van der Waals surface area contributed by atoms with Gasteiger partial charge in [0.25, 0.3) is 0 Å². The van der Waals surface area contributed by atoms with Crippen molar-refractivity contribution in [3.05, 3.63) is 11.9 Å². The minimum absolute atomic E-state index is 0.867. The van der Waals surface area contributed by atoms with Crippen molar-refractivity contribution in [1.82, 2.24) is 15.0 Å². The lowest BCUT2D eigenvalue weighted by Crippen LogP contribution is -2.01. The summed E-state index contributed by atoms with van der Waals surface area (Å²) in [5.41, 5.74) is 1.14. The molecule has 0 saturated heterocycles. The van der Waals surface area contributed by atoms with E-state index in [9.17, 15) is 0 Å². The first kappa shape index (κ1) is 16.2. The Morgan fingerprint density at radius 2 is 1.89 bits per heavy atom. The first-order valence-electron chi connectivity index (χ1n) is 7.83. The number of rotatable bonds is 12. The lowest BCUT2D eigenvalue weighted by molar-refractivity contribution is 0.130. The quantitative estimate of drug-likeness (QED) is 0.543. The number of unbranched alkanes of at least 4 members (excludes halogenated alkanes) is 4. The van der Waals surface area contributed by atoms with Crippen molar-refractivity contribution in [3.8, 4) is 0 Å². The van der Waals surface area contributed by atoms with Gasteiger partial charge in [0.05, 0.1) is 5.69 Å². The molecule has 0 aliphatic rings. The monoisotopic (exact) mass is 267 g/mol. The summed E-state index contributed by atoms with van der Waals surface area (Å²) >= 11 is 0. The molecule has 1 aromatic rings. The maximum Gasteiger partial charge on any atom is 0.0827 e. The SMILES string of the molecule is CCCCCCc1cn(CCCCOCCC)nn1. The largest absolute Gasteiger partial charge is 0.381 e. The Morgan fingerprint density at radius 1 is 1.00 bits per heavy atom. The Balaban J connectivity index is 2.06. The highest BCUT2D eigenvalue weighted by atomic mass is 16.5. The molecule has 0 fully saturated rings. The zero-order valence-electron chi connectivity index (χ0n) is 12.6. The second-order valence-electron chi connectivity index (χ2n) is 5.10. The maximum absolute atomic E-state index is 5.46. The van der Waals surface area contributed by atoms with E-state index in [-0.39, 0.29) is 0 Å². The average molecular weight is 267 g/mol. The Morgan fingerprint density at radius 3 is 2.68 bits per heavy atom. The van der Waals surface area contributed by atoms with Crippen LogP contribution in [-0.2, 0) is 17.7 Å². The van der Waals surface area contributed by atoms with E-state index >= 15 is 0 Å². The van der Waals surface area contributed by atoms with E-state index in [2.05, 4.69) is 30.4 Å². The van der Waals surface area contributed by atoms with Crippen LogP contribution in [0.15, 0.2) is 6.20 Å². The molecule has 19 heavy (non-hydrogen) atoms. The highest BCUT2D eigenvalue weighted by Gasteiger charge is 2.00. The van der Waals surface area contributed by atoms with Gasteiger partial charge in [-0.25, -0.2) is 0 Å². The summed E-state index contributed by atoms with van der Waals surface area (Å²) < 4.78 is 7.42. The molecule has 0 aliphatic heterocycles. The molecule has 0 bridgehead atoms. The predicted octanol–water partition coefficient (Wildman–Crippen LogP) is 3.61. The molecule has 0 aromatic carbocycles. The standard InChI is InChI=1S/C15H29N3O/c1-3-5-6-7-10-15-14-18(17-16-15)11-8-9-13-19-12-4-2/h14H,3-13H2,1-2H3. The smallest absolute Gasteiger partial charge is 0.0827 e. The molecular formula is C15H29N3O. The third kappa shape index (κ3) is 7.98. The van der Waals surface area contributed by atoms with Crippen molar-refractivity contribution >= 4 is 0 Å². The van der Waals surface area contributed by atoms with Crippen molar-refractivity contribution < 1.29 is 4.74 Å². The second kappa shape index (κ2) is 11.0. The van der Waals surface area contributed by atoms with Gasteiger partial charge in [-0.2, -0.15) is 0 Å². The molecule has 1 heterocycles. The van der Waals surface area contributed by atoms with Gasteiger partial charge in [-0.3, -0.25) is 4.68 Å². The molecule has 0 unspecified atom stereocenters. The number of aryl methyl sites for hydroxylation is 2. The predicted molar refractivity (Wildman–Crippen MR) is 78.2 cm³/mol. The molecule has 1 rings (SSSR count). The Hall–Kier alpha value is -0.900. The minimum atomic E-state index is 0.867. The fourth-order valence-electron chi connectivity index (χ4n) is 2.02. The molecule has 0 radical (unpaired) electrons. The molecule has 0 saturated carbocycles. The van der Waals surface area contributed by atoms with Crippen LogP contribution in [0.4, 0.5) is 0 Å². The van der Waals surface area contributed by atoms with E-state index in [0.29, 0.717) is 0 Å². The molecule has 4 nitrogen and oxygen atoms in total. The fraction of sp³-hybridized carbons (Fsp3) is 0.867. The number of aromatic nitrogens is 3. The van der Waals surface area contributed by atoms with Crippen LogP contribution in [0.2, 0.25) is 0 Å². The van der Waals surface area contributed by atoms with Crippen LogP contribution in [0.3, 0.4) is 0 Å². The van der Waals surface area contributed by atoms with Gasteiger partial charge in [0.15, 0.2) is 0 Å². The van der Waals surface area contributed by atoms with Gasteiger partial charge in [-0.1, -0.05) is 38.3 Å². The topological polar surface area (TPSA) is 39.9 Å². The van der Waals surface area contributed by atoms with Gasteiger partial charge in [0.1, 0.15) is 0 Å². The molecule has 0 N–H and O–H groups in total. The van der Waals surface area contributed by atoms with E-state index in [4.69, 9.17) is 4.74 Å². The number of nitrogens with zero attached hydrogens (tertiary/aromatic N) is 3. The molecule has 0 amide bonds. The highest BCUT2D eigenvalue weighted by molar-refractivity contribution is 4.92. The summed E-state index contributed by atoms with van der Waals surface area (Å²) in [7, 11) is 0. The van der Waals surface area contributed by atoms with E-state index in [1.54, 1.807) is 0 Å². The number of hydrogen-bond donors (Lipinski definition) is 0. The van der Waals surface area contributed by atoms with Crippen LogP contribution in [0.1, 0.15) is 64.5 Å². The Labute approximate surface area is 117 Å². The molecular weight excluding hydrogens is 238 g/mol. The van der Waals surface area contributed by atoms with E-state index in [1.807, 2.05) is 4.68 Å². The van der Waals surface area contributed by atoms with Crippen molar-refractivity contribution in [2.75, 3.05) is 13.2 Å². The second-order valence-corrected chi connectivity index (χ2v) is 5.10. The molecule has 0 atom stereocenters. The third-order valence-electron chi connectivity index (χ3n) is 3.15. The zero-order valence-corrected chi connectivity index (χ0v) is 12.6. The average Bonchev–Trinajstić information content (AvgIpc) is 2.87. The summed E-state index contributed by atoms with van der Waals surface area (Å²) in [6, 6.07) is 0. The van der Waals surface area contributed by atoms with Crippen molar-refractivity contribution in [2.24, 2.45) is 0 Å². The van der Waals surface area contributed by atoms with E-state index < -0.39 is 0 Å². The first-order chi connectivity index (χ1) is 9.36. The van der Waals surface area contributed by atoms with Crippen LogP contribution in [-0.4, -0.2) is 28.2 Å². The van der Waals surface area contributed by atoms with E-state index in [0.717, 1.165) is 51.1 Å². The first-order valence-corrected chi connectivity index (χ1v) is 7.83. The van der Waals surface area contributed by atoms with Gasteiger partial charge in [0, 0.05) is 26.0 Å². The Kier molecular flexibility index (Phi) is 9.33. The van der Waals surface area contributed by atoms with E-state index in [1.165, 1.54) is 25.7 Å². The van der Waals surface area contributed by atoms with Gasteiger partial charge in [-0.05, 0) is 32.1 Å². The highest BCUT2D eigenvalue weighted by Crippen LogP contribution is 2.05. The summed E-state index contributed by atoms with van der Waals surface area (Å²) in [5.74, 6) is 0. The van der Waals surface area contributed by atoms with Gasteiger partial charge in [-0.15, -0.1) is 5.10 Å². The summed E-state index contributed by atoms with van der Waals surface area (Å²) in [6.45, 7) is 7.08. The summed E-state index contributed by atoms with van der Waals surface area (Å²) in [6.07, 6.45) is 11.6. The van der Waals surface area contributed by atoms with Crippen LogP contribution in [0.25, 0.3) is 0 Å². The fourth-order valence-corrected chi connectivity index (χ4v) is 2.02. The van der Waals surface area contributed by atoms with Crippen molar-refractivity contribution in [3.63, 3.8) is 0 Å². The zero-order chi connectivity index (χ0) is 13.8. The van der Waals surface area contributed by atoms with Crippen LogP contribution in [0.5, 0.6) is 0 Å². The molecule has 110 valence electrons. The summed E-state index contributed by atoms with van der Waals surface area (Å²) in [4.78, 5) is 0. The van der Waals surface area contributed by atoms with Crippen molar-refractivity contribution in [2.45, 2.75) is 71.8 Å². The van der Waals surface area contributed by atoms with Crippen LogP contribution >= 0.6 is 0 Å². The maximum atomic E-state index is 5.46. The minimum Gasteiger partial charge on any atom is -0.381 e. The van der Waals surface area contributed by atoms with Crippen LogP contribution < -0.4 is 0 Å². The normalized spacial score (nSPS) is 11.1. The molecule has 0 aliphatic carbocycles. The van der Waals surface area contributed by atoms with Gasteiger partial charge in [0.2, 0.25) is 0 Å². The number of hydrogen-bond acceptors (Lipinski definition) is 3. The number of ether oxygens (including phenoxy) is 1. The van der Waals surface area contributed by atoms with Gasteiger partial charge >= 0.3 is 0 Å². The molecule has 4 heteroatoms. The lowest BCUT2D eigenvalue weighted by Gasteiger charge is -2.02. The third-order valence-corrected chi connectivity index (χ3v) is 3.15.